The molecule has 0 aromatic heterocycles. The van der Waals surface area contributed by atoms with Gasteiger partial charge < -0.3 is 9.64 Å². The van der Waals surface area contributed by atoms with Crippen LogP contribution in [0.1, 0.15) is 84.9 Å². The number of allylic oxidation sites excluding steroid dienone is 5. The van der Waals surface area contributed by atoms with Crippen LogP contribution in [-0.4, -0.2) is 41.2 Å². The van der Waals surface area contributed by atoms with Gasteiger partial charge in [0.15, 0.2) is 5.71 Å². The first-order valence-electron chi connectivity index (χ1n) is 16.2. The molecule has 0 unspecified atom stereocenters. The van der Waals surface area contributed by atoms with Crippen molar-refractivity contribution in [2.45, 2.75) is 86.0 Å². The molecular weight excluding hydrogens is 562 g/mol. The van der Waals surface area contributed by atoms with Crippen molar-refractivity contribution in [3.05, 3.63) is 98.0 Å². The number of non-ortho nitro benzene ring substituents is 1. The summed E-state index contributed by atoms with van der Waals surface area (Å²) in [4.78, 5) is 27.6. The van der Waals surface area contributed by atoms with E-state index in [1.54, 1.807) is 19.2 Å². The summed E-state index contributed by atoms with van der Waals surface area (Å²) >= 11 is 0. The number of carbonyl (C=O) groups excluding carboxylic acids is 1. The van der Waals surface area contributed by atoms with Gasteiger partial charge in [-0.25, -0.2) is 0 Å². The van der Waals surface area contributed by atoms with E-state index >= 15 is 0 Å². The van der Waals surface area contributed by atoms with Crippen LogP contribution in [0.5, 0.6) is 0 Å². The number of ether oxygens (including phenoxy) is 1. The minimum Gasteiger partial charge on any atom is -0.495 e. The molecule has 7 heteroatoms. The van der Waals surface area contributed by atoms with E-state index in [9.17, 15) is 14.9 Å². The second-order valence-corrected chi connectivity index (χ2v) is 14.6. The minimum absolute atomic E-state index is 0.0415. The maximum absolute atomic E-state index is 14.0. The highest BCUT2D eigenvalue weighted by atomic mass is 16.6. The van der Waals surface area contributed by atoms with Crippen molar-refractivity contribution in [2.75, 3.05) is 25.1 Å². The first-order valence-corrected chi connectivity index (χ1v) is 16.2. The van der Waals surface area contributed by atoms with Gasteiger partial charge in [0.25, 0.3) is 5.69 Å². The summed E-state index contributed by atoms with van der Waals surface area (Å²) in [5, 5.41) is 11.7. The third-order valence-electron chi connectivity index (χ3n) is 9.74. The lowest BCUT2D eigenvalue weighted by Gasteiger charge is -2.30. The highest BCUT2D eigenvalue weighted by Crippen LogP contribution is 2.50. The number of aryl methyl sites for hydroxylation is 1. The van der Waals surface area contributed by atoms with Crippen LogP contribution in [0.2, 0.25) is 0 Å². The van der Waals surface area contributed by atoms with Gasteiger partial charge in [0, 0.05) is 59.6 Å². The molecule has 238 valence electrons. The SMILES string of the molecule is COC1=C(/C=C2\N(CCC(C)C)c3ccc([N+](=O)[O-])cc3C2(C)C)C(=O)/C1=C/C1=[N+](CCC(C)C)c2ccc(C)cc2C1(C)C. The number of benzene rings is 2. The summed E-state index contributed by atoms with van der Waals surface area (Å²) in [6.07, 6.45) is 5.99. The van der Waals surface area contributed by atoms with Gasteiger partial charge in [0.1, 0.15) is 12.3 Å². The van der Waals surface area contributed by atoms with E-state index in [2.05, 4.69) is 90.0 Å². The average molecular weight is 611 g/mol. The zero-order chi connectivity index (χ0) is 33.0. The zero-order valence-corrected chi connectivity index (χ0v) is 28.6. The van der Waals surface area contributed by atoms with Crippen LogP contribution in [0.25, 0.3) is 0 Å². The summed E-state index contributed by atoms with van der Waals surface area (Å²) in [5.74, 6) is 1.57. The van der Waals surface area contributed by atoms with E-state index in [0.29, 0.717) is 28.7 Å². The third kappa shape index (κ3) is 5.55. The van der Waals surface area contributed by atoms with E-state index in [0.717, 1.165) is 48.6 Å². The Labute approximate surface area is 268 Å². The van der Waals surface area contributed by atoms with Crippen LogP contribution in [0, 0.1) is 28.9 Å². The fourth-order valence-electron chi connectivity index (χ4n) is 6.93. The number of anilines is 1. The summed E-state index contributed by atoms with van der Waals surface area (Å²) in [6.45, 7) is 21.2. The van der Waals surface area contributed by atoms with Gasteiger partial charge in [0.05, 0.1) is 28.6 Å². The number of nitro groups is 1. The smallest absolute Gasteiger partial charge is 0.269 e. The van der Waals surface area contributed by atoms with Crippen molar-refractivity contribution in [2.24, 2.45) is 11.8 Å². The molecule has 0 radical (unpaired) electrons. The van der Waals surface area contributed by atoms with Gasteiger partial charge in [-0.2, -0.15) is 4.58 Å². The minimum atomic E-state index is -0.542. The summed E-state index contributed by atoms with van der Waals surface area (Å²) < 4.78 is 8.32. The molecule has 7 nitrogen and oxygen atoms in total. The molecule has 0 saturated heterocycles. The van der Waals surface area contributed by atoms with E-state index in [1.807, 2.05) is 18.2 Å². The molecule has 0 saturated carbocycles. The Kier molecular flexibility index (Phi) is 8.45. The number of methoxy groups -OCH3 is 1. The van der Waals surface area contributed by atoms with Gasteiger partial charge in [-0.05, 0) is 62.8 Å². The average Bonchev–Trinajstić information content (AvgIpc) is 3.31. The molecule has 0 bridgehead atoms. The third-order valence-corrected chi connectivity index (χ3v) is 9.74. The first kappa shape index (κ1) is 32.4. The van der Waals surface area contributed by atoms with Crippen LogP contribution in [0.15, 0.2) is 71.2 Å². The Morgan fingerprint density at radius 2 is 1.64 bits per heavy atom. The highest BCUT2D eigenvalue weighted by Gasteiger charge is 2.48. The number of carbonyl (C=O) groups is 1. The standard InChI is InChI=1S/C38H48N3O4/c1-23(2)15-17-39-31-13-11-25(5)19-29(31)37(6,7)33(39)21-27-35(42)28(36(27)45-10)22-34-38(8,9)30-20-26(41(43)44)12-14-32(30)40(34)18-16-24(3)4/h11-14,19-24H,15-18H2,1-10H3/q+1. The topological polar surface area (TPSA) is 75.7 Å². The monoisotopic (exact) mass is 610 g/mol. The molecule has 45 heavy (non-hydrogen) atoms. The van der Waals surface area contributed by atoms with Crippen molar-refractivity contribution in [1.82, 2.24) is 0 Å². The summed E-state index contributed by atoms with van der Waals surface area (Å²) in [5.41, 5.74) is 7.98. The molecular formula is C38H48N3O4+. The maximum atomic E-state index is 14.0. The normalized spacial score (nSPS) is 20.1. The van der Waals surface area contributed by atoms with Gasteiger partial charge in [-0.1, -0.05) is 53.2 Å². The van der Waals surface area contributed by atoms with Crippen LogP contribution in [0.3, 0.4) is 0 Å². The van der Waals surface area contributed by atoms with E-state index < -0.39 is 5.41 Å². The predicted molar refractivity (Wildman–Crippen MR) is 182 cm³/mol. The van der Waals surface area contributed by atoms with Crippen molar-refractivity contribution in [3.8, 4) is 0 Å². The maximum Gasteiger partial charge on any atom is 0.269 e. The highest BCUT2D eigenvalue weighted by molar-refractivity contribution is 6.24. The van der Waals surface area contributed by atoms with Crippen molar-refractivity contribution in [3.63, 3.8) is 0 Å². The number of nitrogens with zero attached hydrogens (tertiary/aromatic N) is 3. The molecule has 2 aliphatic heterocycles. The largest absolute Gasteiger partial charge is 0.495 e. The Bertz CT molecular complexity index is 1700. The molecule has 0 amide bonds. The van der Waals surface area contributed by atoms with Crippen LogP contribution in [-0.2, 0) is 20.4 Å². The number of nitro benzene ring substituents is 1. The Morgan fingerprint density at radius 3 is 2.27 bits per heavy atom. The molecule has 0 spiro atoms. The number of hydrogen-bond donors (Lipinski definition) is 0. The molecule has 2 aromatic rings. The Balaban J connectivity index is 1.62. The molecule has 0 atom stereocenters. The second-order valence-electron chi connectivity index (χ2n) is 14.6. The second kappa shape index (κ2) is 11.7. The van der Waals surface area contributed by atoms with Gasteiger partial charge >= 0.3 is 0 Å². The van der Waals surface area contributed by atoms with Crippen LogP contribution in [0.4, 0.5) is 17.1 Å². The lowest BCUT2D eigenvalue weighted by molar-refractivity contribution is -0.439. The van der Waals surface area contributed by atoms with Gasteiger partial charge in [0.2, 0.25) is 11.5 Å². The lowest BCUT2D eigenvalue weighted by atomic mass is 9.77. The van der Waals surface area contributed by atoms with Crippen LogP contribution >= 0.6 is 0 Å². The molecule has 3 aliphatic rings. The quantitative estimate of drug-likeness (QED) is 0.117. The molecule has 2 heterocycles. The number of fused-ring (bicyclic) bond motifs is 2. The molecule has 2 aromatic carbocycles. The van der Waals surface area contributed by atoms with E-state index in [4.69, 9.17) is 4.74 Å². The van der Waals surface area contributed by atoms with Gasteiger partial charge in [-0.3, -0.25) is 14.9 Å². The fourth-order valence-corrected chi connectivity index (χ4v) is 6.93. The van der Waals surface area contributed by atoms with E-state index in [1.165, 1.54) is 16.8 Å². The lowest BCUT2D eigenvalue weighted by Crippen LogP contribution is -2.33. The molecule has 1 aliphatic carbocycles. The number of ketones is 1. The number of hydrogen-bond acceptors (Lipinski definition) is 5. The molecule has 5 rings (SSSR count). The molecule has 0 fully saturated rings. The van der Waals surface area contributed by atoms with Gasteiger partial charge in [-0.15, -0.1) is 0 Å². The van der Waals surface area contributed by atoms with Crippen molar-refractivity contribution in [1.29, 1.82) is 0 Å². The van der Waals surface area contributed by atoms with Crippen molar-refractivity contribution >= 4 is 28.6 Å². The summed E-state index contributed by atoms with van der Waals surface area (Å²) in [7, 11) is 1.63. The zero-order valence-electron chi connectivity index (χ0n) is 28.6. The van der Waals surface area contributed by atoms with E-state index in [-0.39, 0.29) is 21.8 Å². The molecule has 0 N–H and O–H groups in total. The Morgan fingerprint density at radius 1 is 0.956 bits per heavy atom. The fraction of sp³-hybridized carbons (Fsp3) is 0.474. The first-order chi connectivity index (χ1) is 21.1. The summed E-state index contributed by atoms with van der Waals surface area (Å²) in [6, 6.07) is 11.7. The van der Waals surface area contributed by atoms with Crippen LogP contribution < -0.4 is 4.90 Å². The Hall–Kier alpha value is -4.00. The number of Topliss-reactive ketones (excluding diaryl/α,β-unsaturated/α-hetero) is 1. The number of rotatable bonds is 10. The van der Waals surface area contributed by atoms with Crippen molar-refractivity contribution < 1.29 is 19.0 Å². The predicted octanol–water partition coefficient (Wildman–Crippen LogP) is 8.46.